The van der Waals surface area contributed by atoms with E-state index in [1.807, 2.05) is 0 Å². The summed E-state index contributed by atoms with van der Waals surface area (Å²) in [5, 5.41) is 9.60. The van der Waals surface area contributed by atoms with Crippen molar-refractivity contribution in [3.05, 3.63) is 12.2 Å². The van der Waals surface area contributed by atoms with Gasteiger partial charge in [0.25, 0.3) is 0 Å². The van der Waals surface area contributed by atoms with Crippen LogP contribution in [0.25, 0.3) is 0 Å². The summed E-state index contributed by atoms with van der Waals surface area (Å²) in [5.74, 6) is -0.642. The molecule has 0 aliphatic heterocycles. The molecule has 1 amide bonds. The third-order valence-corrected chi connectivity index (χ3v) is 1.64. The molecule has 0 saturated heterocycles. The van der Waals surface area contributed by atoms with Gasteiger partial charge in [0.1, 0.15) is 0 Å². The highest BCUT2D eigenvalue weighted by Crippen LogP contribution is 1.95. The molecule has 1 aromatic rings. The summed E-state index contributed by atoms with van der Waals surface area (Å²) >= 11 is 0. The van der Waals surface area contributed by atoms with Crippen LogP contribution < -0.4 is 5.32 Å². The zero-order valence-electron chi connectivity index (χ0n) is 8.48. The fourth-order valence-electron chi connectivity index (χ4n) is 0.967. The SMILES string of the molecule is COC(=O)c1nn[c]n1CCNC(C)=O. The molecule has 0 bridgehead atoms. The summed E-state index contributed by atoms with van der Waals surface area (Å²) in [4.78, 5) is 21.7. The van der Waals surface area contributed by atoms with Gasteiger partial charge in [-0.1, -0.05) is 0 Å². The molecule has 0 aliphatic carbocycles. The molecule has 1 heterocycles. The Morgan fingerprint density at radius 2 is 2.33 bits per heavy atom. The molecular formula is C8H11N4O3. The second kappa shape index (κ2) is 5.08. The molecule has 0 aliphatic rings. The molecule has 7 nitrogen and oxygen atoms in total. The van der Waals surface area contributed by atoms with Crippen molar-refractivity contribution in [2.75, 3.05) is 13.7 Å². The van der Waals surface area contributed by atoms with Crippen LogP contribution in [0.1, 0.15) is 17.5 Å². The predicted octanol–water partition coefficient (Wildman–Crippen LogP) is -0.999. The van der Waals surface area contributed by atoms with E-state index in [-0.39, 0.29) is 11.7 Å². The second-order valence-corrected chi connectivity index (χ2v) is 2.75. The molecule has 1 aromatic heterocycles. The summed E-state index contributed by atoms with van der Waals surface area (Å²) in [6.45, 7) is 2.17. The van der Waals surface area contributed by atoms with Crippen molar-refractivity contribution in [3.63, 3.8) is 0 Å². The monoisotopic (exact) mass is 211 g/mol. The lowest BCUT2D eigenvalue weighted by Crippen LogP contribution is -2.25. The zero-order chi connectivity index (χ0) is 11.3. The second-order valence-electron chi connectivity index (χ2n) is 2.75. The van der Waals surface area contributed by atoms with Crippen molar-refractivity contribution in [2.45, 2.75) is 13.5 Å². The molecule has 0 unspecified atom stereocenters. The minimum absolute atomic E-state index is 0.0721. The third kappa shape index (κ3) is 3.04. The van der Waals surface area contributed by atoms with E-state index in [0.29, 0.717) is 13.1 Å². The number of nitrogens with zero attached hydrogens (tertiary/aromatic N) is 3. The summed E-state index contributed by atoms with van der Waals surface area (Å²) in [6.07, 6.45) is 2.50. The number of rotatable bonds is 4. The van der Waals surface area contributed by atoms with Gasteiger partial charge in [-0.2, -0.15) is 0 Å². The lowest BCUT2D eigenvalue weighted by molar-refractivity contribution is -0.118. The molecule has 0 saturated carbocycles. The Labute approximate surface area is 86.4 Å². The lowest BCUT2D eigenvalue weighted by atomic mass is 10.5. The smallest absolute Gasteiger partial charge is 0.376 e. The third-order valence-electron chi connectivity index (χ3n) is 1.64. The molecule has 7 heteroatoms. The summed E-state index contributed by atoms with van der Waals surface area (Å²) in [7, 11) is 1.26. The first kappa shape index (κ1) is 11.2. The number of esters is 1. The largest absolute Gasteiger partial charge is 0.463 e. The molecule has 1 N–H and O–H groups in total. The number of carbonyl (C=O) groups excluding carboxylic acids is 2. The van der Waals surface area contributed by atoms with Crippen LogP contribution in [0.5, 0.6) is 0 Å². The van der Waals surface area contributed by atoms with E-state index in [4.69, 9.17) is 0 Å². The number of aromatic nitrogens is 3. The van der Waals surface area contributed by atoms with E-state index in [1.54, 1.807) is 0 Å². The summed E-state index contributed by atoms with van der Waals surface area (Å²) in [5.41, 5.74) is 0. The maximum absolute atomic E-state index is 11.1. The minimum Gasteiger partial charge on any atom is -0.463 e. The molecule has 0 spiro atoms. The van der Waals surface area contributed by atoms with Gasteiger partial charge in [0.15, 0.2) is 0 Å². The van der Waals surface area contributed by atoms with Gasteiger partial charge in [-0.15, -0.1) is 10.2 Å². The number of hydrogen-bond donors (Lipinski definition) is 1. The van der Waals surface area contributed by atoms with E-state index in [2.05, 4.69) is 26.6 Å². The maximum Gasteiger partial charge on any atom is 0.376 e. The van der Waals surface area contributed by atoms with Gasteiger partial charge >= 0.3 is 5.97 Å². The Balaban J connectivity index is 2.57. The van der Waals surface area contributed by atoms with Gasteiger partial charge < -0.3 is 10.1 Å². The molecule has 81 valence electrons. The highest BCUT2D eigenvalue weighted by molar-refractivity contribution is 5.85. The maximum atomic E-state index is 11.1. The van der Waals surface area contributed by atoms with Gasteiger partial charge in [-0.3, -0.25) is 9.36 Å². The van der Waals surface area contributed by atoms with Crippen molar-refractivity contribution in [1.82, 2.24) is 20.1 Å². The lowest BCUT2D eigenvalue weighted by Gasteiger charge is -2.04. The molecule has 0 fully saturated rings. The number of ether oxygens (including phenoxy) is 1. The molecule has 1 rings (SSSR count). The summed E-state index contributed by atoms with van der Waals surface area (Å²) in [6, 6.07) is 0. The normalized spacial score (nSPS) is 9.73. The number of carbonyl (C=O) groups is 2. The van der Waals surface area contributed by atoms with Crippen LogP contribution >= 0.6 is 0 Å². The fraction of sp³-hybridized carbons (Fsp3) is 0.500. The number of hydrogen-bond acceptors (Lipinski definition) is 5. The Hall–Kier alpha value is -1.92. The van der Waals surface area contributed by atoms with Crippen molar-refractivity contribution in [2.24, 2.45) is 0 Å². The highest BCUT2D eigenvalue weighted by Gasteiger charge is 2.14. The quantitative estimate of drug-likeness (QED) is 0.645. The van der Waals surface area contributed by atoms with Crippen LogP contribution in [0.4, 0.5) is 0 Å². The van der Waals surface area contributed by atoms with Crippen LogP contribution in [0.2, 0.25) is 0 Å². The molecule has 15 heavy (non-hydrogen) atoms. The van der Waals surface area contributed by atoms with Gasteiger partial charge in [-0.05, 0) is 0 Å². The number of nitrogens with one attached hydrogen (secondary N) is 1. The van der Waals surface area contributed by atoms with E-state index in [9.17, 15) is 9.59 Å². The van der Waals surface area contributed by atoms with Crippen molar-refractivity contribution in [3.8, 4) is 0 Å². The molecule has 1 radical (unpaired) electrons. The van der Waals surface area contributed by atoms with Crippen molar-refractivity contribution in [1.29, 1.82) is 0 Å². The van der Waals surface area contributed by atoms with Crippen LogP contribution in [-0.2, 0) is 16.1 Å². The number of amides is 1. The average molecular weight is 211 g/mol. The predicted molar refractivity (Wildman–Crippen MR) is 48.9 cm³/mol. The summed E-state index contributed by atoms with van der Waals surface area (Å²) < 4.78 is 5.88. The topological polar surface area (TPSA) is 86.1 Å². The van der Waals surface area contributed by atoms with Crippen LogP contribution in [0.15, 0.2) is 0 Å². The van der Waals surface area contributed by atoms with Crippen LogP contribution in [-0.4, -0.2) is 40.3 Å². The van der Waals surface area contributed by atoms with E-state index in [0.717, 1.165) is 0 Å². The van der Waals surface area contributed by atoms with Gasteiger partial charge in [0, 0.05) is 20.0 Å². The Bertz CT molecular complexity index is 361. The Morgan fingerprint density at radius 1 is 1.60 bits per heavy atom. The van der Waals surface area contributed by atoms with Gasteiger partial charge in [-0.25, -0.2) is 4.79 Å². The Morgan fingerprint density at radius 3 is 2.93 bits per heavy atom. The van der Waals surface area contributed by atoms with Crippen LogP contribution in [0, 0.1) is 6.33 Å². The fourth-order valence-corrected chi connectivity index (χ4v) is 0.967. The first-order valence-corrected chi connectivity index (χ1v) is 4.28. The average Bonchev–Trinajstić information content (AvgIpc) is 2.64. The molecular weight excluding hydrogens is 200 g/mol. The van der Waals surface area contributed by atoms with Crippen LogP contribution in [0.3, 0.4) is 0 Å². The first-order chi connectivity index (χ1) is 7.15. The van der Waals surface area contributed by atoms with E-state index >= 15 is 0 Å². The Kier molecular flexibility index (Phi) is 3.78. The minimum atomic E-state index is -0.577. The van der Waals surface area contributed by atoms with E-state index < -0.39 is 5.97 Å². The molecule has 0 aromatic carbocycles. The van der Waals surface area contributed by atoms with Crippen molar-refractivity contribution < 1.29 is 14.3 Å². The highest BCUT2D eigenvalue weighted by atomic mass is 16.5. The zero-order valence-corrected chi connectivity index (χ0v) is 8.48. The standard InChI is InChI=1S/C8H11N4O3/c1-6(13)9-3-4-12-5-10-11-7(12)8(14)15-2/h3-4H2,1-2H3,(H,9,13). The number of methoxy groups -OCH3 is 1. The van der Waals surface area contributed by atoms with Gasteiger partial charge in [0.2, 0.25) is 18.1 Å². The first-order valence-electron chi connectivity index (χ1n) is 4.28. The van der Waals surface area contributed by atoms with E-state index in [1.165, 1.54) is 18.6 Å². The van der Waals surface area contributed by atoms with Crippen molar-refractivity contribution >= 4 is 11.9 Å². The van der Waals surface area contributed by atoms with Gasteiger partial charge in [0.05, 0.1) is 7.11 Å². The molecule has 0 atom stereocenters.